The largest absolute Gasteiger partial charge is 0.497 e. The maximum Gasteiger partial charge on any atom is 0.337 e. The predicted octanol–water partition coefficient (Wildman–Crippen LogP) is 3.79. The third-order valence-electron chi connectivity index (χ3n) is 6.97. The number of rotatable bonds is 5. The lowest BCUT2D eigenvalue weighted by atomic mass is 9.69. The lowest BCUT2D eigenvalue weighted by Gasteiger charge is -2.38. The zero-order valence-corrected chi connectivity index (χ0v) is 19.6. The van der Waals surface area contributed by atoms with E-state index in [0.29, 0.717) is 29.0 Å². The predicted molar refractivity (Wildman–Crippen MR) is 121 cm³/mol. The summed E-state index contributed by atoms with van der Waals surface area (Å²) < 4.78 is 16.2. The fourth-order valence-electron chi connectivity index (χ4n) is 5.33. The second-order valence-corrected chi connectivity index (χ2v) is 9.12. The first-order valence-corrected chi connectivity index (χ1v) is 11.5. The van der Waals surface area contributed by atoms with Gasteiger partial charge in [-0.2, -0.15) is 0 Å². The summed E-state index contributed by atoms with van der Waals surface area (Å²) in [6, 6.07) is 7.35. The van der Waals surface area contributed by atoms with Crippen LogP contribution >= 0.6 is 0 Å². The molecule has 0 radical (unpaired) electrons. The smallest absolute Gasteiger partial charge is 0.337 e. The van der Waals surface area contributed by atoms with Gasteiger partial charge in [-0.15, -0.1) is 0 Å². The number of hydrogen-bond acceptors (Lipinski definition) is 7. The zero-order valence-electron chi connectivity index (χ0n) is 19.6. The Labute approximate surface area is 194 Å². The molecule has 3 aliphatic rings. The number of esters is 2. The van der Waals surface area contributed by atoms with Crippen LogP contribution in [0.1, 0.15) is 57.4 Å². The number of ketones is 1. The summed E-state index contributed by atoms with van der Waals surface area (Å²) in [7, 11) is 2.86. The number of benzene rings is 1. The quantitative estimate of drug-likeness (QED) is 0.536. The third kappa shape index (κ3) is 4.28. The van der Waals surface area contributed by atoms with E-state index in [1.807, 2.05) is 38.1 Å². The van der Waals surface area contributed by atoms with Crippen LogP contribution in [0, 0.1) is 11.8 Å². The molecule has 7 heteroatoms. The van der Waals surface area contributed by atoms with E-state index in [4.69, 9.17) is 14.2 Å². The summed E-state index contributed by atoms with van der Waals surface area (Å²) in [5.41, 5.74) is 2.99. The first-order valence-electron chi connectivity index (χ1n) is 11.5. The Kier molecular flexibility index (Phi) is 6.58. The molecule has 0 amide bonds. The van der Waals surface area contributed by atoms with Crippen molar-refractivity contribution in [1.29, 1.82) is 0 Å². The number of Topliss-reactive ketones (excluding diaryl/α,β-unsaturated/α-hetero) is 1. The minimum Gasteiger partial charge on any atom is -0.497 e. The van der Waals surface area contributed by atoms with Crippen LogP contribution in [0.4, 0.5) is 0 Å². The molecule has 1 N–H and O–H groups in total. The highest BCUT2D eigenvalue weighted by Gasteiger charge is 2.47. The molecule has 1 aromatic rings. The van der Waals surface area contributed by atoms with E-state index in [1.54, 1.807) is 7.11 Å². The second kappa shape index (κ2) is 9.41. The van der Waals surface area contributed by atoms with E-state index < -0.39 is 23.8 Å². The van der Waals surface area contributed by atoms with E-state index in [9.17, 15) is 14.4 Å². The van der Waals surface area contributed by atoms with Gasteiger partial charge in [0.2, 0.25) is 0 Å². The second-order valence-electron chi connectivity index (χ2n) is 9.12. The normalized spacial score (nSPS) is 25.5. The molecule has 1 aromatic carbocycles. The first kappa shape index (κ1) is 23.1. The number of dihydropyridines is 1. The summed E-state index contributed by atoms with van der Waals surface area (Å²) in [6.07, 6.45) is 4.18. The minimum atomic E-state index is -0.908. The fraction of sp³-hybridized carbons (Fsp3) is 0.500. The molecular weight excluding hydrogens is 422 g/mol. The van der Waals surface area contributed by atoms with Gasteiger partial charge in [-0.25, -0.2) is 4.79 Å². The Bertz CT molecular complexity index is 1030. The van der Waals surface area contributed by atoms with Crippen LogP contribution in [0.25, 0.3) is 0 Å². The molecule has 1 aliphatic heterocycles. The van der Waals surface area contributed by atoms with Crippen molar-refractivity contribution in [2.24, 2.45) is 11.8 Å². The van der Waals surface area contributed by atoms with Gasteiger partial charge in [0, 0.05) is 22.9 Å². The Morgan fingerprint density at radius 2 is 1.85 bits per heavy atom. The summed E-state index contributed by atoms with van der Waals surface area (Å²) in [6.45, 7) is 3.71. The molecule has 2 aliphatic carbocycles. The summed E-state index contributed by atoms with van der Waals surface area (Å²) in [4.78, 5) is 39.7. The van der Waals surface area contributed by atoms with Crippen molar-refractivity contribution >= 4 is 17.7 Å². The number of hydrogen-bond donors (Lipinski definition) is 1. The van der Waals surface area contributed by atoms with Crippen LogP contribution in [-0.2, 0) is 23.9 Å². The molecule has 0 unspecified atom stereocenters. The standard InChI is InChI=1S/C26H31NO6/c1-14-12-19-23(24(28)20(14)25(29)32-4)22(16-8-7-11-18(13-16)31-3)21(15(2)27-19)26(30)33-17-9-5-6-10-17/h7-8,11,13-14,17,20,22,27H,5-6,9-10,12H2,1-4H3/t14-,20-,22+/m1/s1. The van der Waals surface area contributed by atoms with Crippen molar-refractivity contribution in [3.05, 3.63) is 52.4 Å². The average Bonchev–Trinajstić information content (AvgIpc) is 3.30. The lowest BCUT2D eigenvalue weighted by Crippen LogP contribution is -2.43. The van der Waals surface area contributed by atoms with Crippen molar-refractivity contribution in [3.63, 3.8) is 0 Å². The van der Waals surface area contributed by atoms with Crippen LogP contribution in [0.15, 0.2) is 46.8 Å². The molecule has 1 fully saturated rings. The Hall–Kier alpha value is -3.09. The van der Waals surface area contributed by atoms with Crippen LogP contribution in [0.2, 0.25) is 0 Å². The minimum absolute atomic E-state index is 0.107. The Morgan fingerprint density at radius 1 is 1.12 bits per heavy atom. The van der Waals surface area contributed by atoms with Crippen LogP contribution in [-0.4, -0.2) is 38.0 Å². The summed E-state index contributed by atoms with van der Waals surface area (Å²) in [5, 5.41) is 3.30. The number of methoxy groups -OCH3 is 2. The highest BCUT2D eigenvalue weighted by Crippen LogP contribution is 2.46. The van der Waals surface area contributed by atoms with Crippen molar-refractivity contribution in [3.8, 4) is 5.75 Å². The van der Waals surface area contributed by atoms with Crippen LogP contribution < -0.4 is 10.1 Å². The number of carbonyl (C=O) groups is 3. The number of carbonyl (C=O) groups excluding carboxylic acids is 3. The lowest BCUT2D eigenvalue weighted by molar-refractivity contribution is -0.151. The molecule has 3 atom stereocenters. The number of allylic oxidation sites excluding steroid dienone is 3. The monoisotopic (exact) mass is 453 g/mol. The molecule has 7 nitrogen and oxygen atoms in total. The van der Waals surface area contributed by atoms with E-state index in [-0.39, 0.29) is 17.8 Å². The molecule has 0 saturated heterocycles. The molecule has 176 valence electrons. The van der Waals surface area contributed by atoms with E-state index in [2.05, 4.69) is 5.32 Å². The Balaban J connectivity index is 1.82. The molecule has 0 bridgehead atoms. The molecule has 0 aromatic heterocycles. The van der Waals surface area contributed by atoms with Crippen LogP contribution in [0.3, 0.4) is 0 Å². The molecule has 1 heterocycles. The first-order chi connectivity index (χ1) is 15.8. The summed E-state index contributed by atoms with van der Waals surface area (Å²) >= 11 is 0. The molecule has 33 heavy (non-hydrogen) atoms. The van der Waals surface area contributed by atoms with E-state index >= 15 is 0 Å². The van der Waals surface area contributed by atoms with E-state index in [0.717, 1.165) is 36.9 Å². The van der Waals surface area contributed by atoms with Gasteiger partial charge < -0.3 is 19.5 Å². The van der Waals surface area contributed by atoms with Gasteiger partial charge in [-0.3, -0.25) is 9.59 Å². The topological polar surface area (TPSA) is 90.9 Å². The molecular formula is C26H31NO6. The van der Waals surface area contributed by atoms with Gasteiger partial charge in [-0.05, 0) is 62.6 Å². The van der Waals surface area contributed by atoms with Gasteiger partial charge in [0.1, 0.15) is 17.8 Å². The summed E-state index contributed by atoms with van der Waals surface area (Å²) in [5.74, 6) is -2.45. The van der Waals surface area contributed by atoms with Gasteiger partial charge >= 0.3 is 11.9 Å². The van der Waals surface area contributed by atoms with Crippen molar-refractivity contribution in [1.82, 2.24) is 5.32 Å². The molecule has 4 rings (SSSR count). The van der Waals surface area contributed by atoms with Crippen molar-refractivity contribution in [2.45, 2.75) is 58.0 Å². The maximum atomic E-state index is 13.7. The number of nitrogens with one attached hydrogen (secondary N) is 1. The van der Waals surface area contributed by atoms with E-state index in [1.165, 1.54) is 7.11 Å². The van der Waals surface area contributed by atoms with Gasteiger partial charge in [0.05, 0.1) is 19.8 Å². The highest BCUT2D eigenvalue weighted by atomic mass is 16.5. The van der Waals surface area contributed by atoms with Gasteiger partial charge in [-0.1, -0.05) is 19.1 Å². The molecule has 0 spiro atoms. The maximum absolute atomic E-state index is 13.7. The van der Waals surface area contributed by atoms with Crippen molar-refractivity contribution < 1.29 is 28.6 Å². The van der Waals surface area contributed by atoms with Gasteiger partial charge in [0.25, 0.3) is 0 Å². The molecule has 1 saturated carbocycles. The highest BCUT2D eigenvalue weighted by molar-refractivity contribution is 6.12. The Morgan fingerprint density at radius 3 is 2.52 bits per heavy atom. The van der Waals surface area contributed by atoms with Gasteiger partial charge in [0.15, 0.2) is 5.78 Å². The van der Waals surface area contributed by atoms with Crippen molar-refractivity contribution in [2.75, 3.05) is 14.2 Å². The third-order valence-corrected chi connectivity index (χ3v) is 6.97. The fourth-order valence-corrected chi connectivity index (χ4v) is 5.33. The SMILES string of the molecule is COC(=O)[C@H]1C(=O)C2=C(C[C@H]1C)NC(C)=C(C(=O)OC1CCCC1)[C@@H]2c1cccc(OC)c1. The van der Waals surface area contributed by atoms with Crippen LogP contribution in [0.5, 0.6) is 5.75 Å². The average molecular weight is 454 g/mol. The zero-order chi connectivity index (χ0) is 23.7. The number of ether oxygens (including phenoxy) is 3.